The largest absolute Gasteiger partial charge is 0.355 e. The van der Waals surface area contributed by atoms with Crippen molar-refractivity contribution in [3.8, 4) is 0 Å². The van der Waals surface area contributed by atoms with Crippen LogP contribution in [0.5, 0.6) is 0 Å². The summed E-state index contributed by atoms with van der Waals surface area (Å²) in [5.41, 5.74) is 0. The summed E-state index contributed by atoms with van der Waals surface area (Å²) in [4.78, 5) is 30.0. The molecule has 0 saturated carbocycles. The van der Waals surface area contributed by atoms with Crippen molar-refractivity contribution >= 4 is 11.8 Å². The van der Waals surface area contributed by atoms with Gasteiger partial charge in [-0.25, -0.2) is 0 Å². The van der Waals surface area contributed by atoms with Gasteiger partial charge in [-0.1, -0.05) is 20.8 Å². The van der Waals surface area contributed by atoms with Gasteiger partial charge in [0.05, 0.1) is 13.1 Å². The zero-order valence-corrected chi connectivity index (χ0v) is 13.7. The summed E-state index contributed by atoms with van der Waals surface area (Å²) in [5, 5.41) is 2.89. The van der Waals surface area contributed by atoms with Gasteiger partial charge >= 0.3 is 0 Å². The molecule has 0 aromatic heterocycles. The predicted molar refractivity (Wildman–Crippen MR) is 84.1 cm³/mol. The quantitative estimate of drug-likeness (QED) is 0.685. The number of amides is 2. The zero-order valence-electron chi connectivity index (χ0n) is 13.7. The highest BCUT2D eigenvalue weighted by Crippen LogP contribution is 2.03. The predicted octanol–water partition coefficient (Wildman–Crippen LogP) is -0.00140. The Kier molecular flexibility index (Phi) is 8.30. The molecule has 0 atom stereocenters. The van der Waals surface area contributed by atoms with Gasteiger partial charge in [0, 0.05) is 32.7 Å². The van der Waals surface area contributed by atoms with Crippen LogP contribution >= 0.6 is 0 Å². The Hall–Kier alpha value is -1.14. The van der Waals surface area contributed by atoms with Crippen LogP contribution in [0, 0.1) is 0 Å². The fourth-order valence-corrected chi connectivity index (χ4v) is 2.42. The van der Waals surface area contributed by atoms with Crippen molar-refractivity contribution in [3.63, 3.8) is 0 Å². The summed E-state index contributed by atoms with van der Waals surface area (Å²) in [6, 6.07) is 0. The molecular formula is C15H30N4O2. The third-order valence-electron chi connectivity index (χ3n) is 3.92. The molecule has 1 saturated heterocycles. The fraction of sp³-hybridized carbons (Fsp3) is 0.867. The van der Waals surface area contributed by atoms with Crippen molar-refractivity contribution in [3.05, 3.63) is 0 Å². The SMILES string of the molecule is CCCNC(=O)CN1CCN(C(=O)CN(CC)CC)CC1. The second-order valence-electron chi connectivity index (χ2n) is 5.47. The van der Waals surface area contributed by atoms with Crippen LogP contribution in [0.1, 0.15) is 27.2 Å². The summed E-state index contributed by atoms with van der Waals surface area (Å²) < 4.78 is 0. The molecule has 0 aromatic rings. The molecule has 1 rings (SSSR count). The Morgan fingerprint density at radius 1 is 1.05 bits per heavy atom. The van der Waals surface area contributed by atoms with Crippen LogP contribution < -0.4 is 5.32 Å². The molecule has 1 heterocycles. The van der Waals surface area contributed by atoms with E-state index in [4.69, 9.17) is 0 Å². The lowest BCUT2D eigenvalue weighted by atomic mass is 10.3. The number of likely N-dealkylation sites (N-methyl/N-ethyl adjacent to an activating group) is 1. The molecule has 0 unspecified atom stereocenters. The summed E-state index contributed by atoms with van der Waals surface area (Å²) in [6.45, 7) is 12.7. The molecule has 1 N–H and O–H groups in total. The van der Waals surface area contributed by atoms with Gasteiger partial charge in [0.2, 0.25) is 11.8 Å². The Morgan fingerprint density at radius 3 is 2.19 bits per heavy atom. The molecule has 122 valence electrons. The van der Waals surface area contributed by atoms with Gasteiger partial charge in [0.25, 0.3) is 0 Å². The van der Waals surface area contributed by atoms with Gasteiger partial charge in [-0.2, -0.15) is 0 Å². The maximum absolute atomic E-state index is 12.2. The van der Waals surface area contributed by atoms with Crippen LogP contribution in [0.25, 0.3) is 0 Å². The highest BCUT2D eigenvalue weighted by Gasteiger charge is 2.22. The van der Waals surface area contributed by atoms with Crippen LogP contribution in [-0.4, -0.2) is 85.4 Å². The second-order valence-corrected chi connectivity index (χ2v) is 5.47. The molecule has 0 aliphatic carbocycles. The fourth-order valence-electron chi connectivity index (χ4n) is 2.42. The standard InChI is InChI=1S/C15H30N4O2/c1-4-7-16-14(20)12-18-8-10-19(11-9-18)15(21)13-17(5-2)6-3/h4-13H2,1-3H3,(H,16,20). The number of piperazine rings is 1. The maximum atomic E-state index is 12.2. The van der Waals surface area contributed by atoms with E-state index < -0.39 is 0 Å². The van der Waals surface area contributed by atoms with Crippen molar-refractivity contribution in [1.29, 1.82) is 0 Å². The molecule has 6 nitrogen and oxygen atoms in total. The third kappa shape index (κ3) is 6.44. The first kappa shape index (κ1) is 17.9. The minimum atomic E-state index is 0.0831. The minimum absolute atomic E-state index is 0.0831. The molecule has 21 heavy (non-hydrogen) atoms. The number of carbonyl (C=O) groups excluding carboxylic acids is 2. The third-order valence-corrected chi connectivity index (χ3v) is 3.92. The van der Waals surface area contributed by atoms with Gasteiger partial charge < -0.3 is 10.2 Å². The molecule has 6 heteroatoms. The molecule has 0 aromatic carbocycles. The van der Waals surface area contributed by atoms with E-state index in [1.165, 1.54) is 0 Å². The van der Waals surface area contributed by atoms with E-state index in [9.17, 15) is 9.59 Å². The molecule has 0 spiro atoms. The van der Waals surface area contributed by atoms with Crippen molar-refractivity contribution in [2.75, 3.05) is 58.9 Å². The molecule has 1 aliphatic rings. The first-order chi connectivity index (χ1) is 10.1. The van der Waals surface area contributed by atoms with Crippen molar-refractivity contribution < 1.29 is 9.59 Å². The van der Waals surface area contributed by atoms with Gasteiger partial charge in [-0.05, 0) is 19.5 Å². The van der Waals surface area contributed by atoms with Crippen LogP contribution in [-0.2, 0) is 9.59 Å². The summed E-state index contributed by atoms with van der Waals surface area (Å²) >= 11 is 0. The van der Waals surface area contributed by atoms with E-state index in [2.05, 4.69) is 29.0 Å². The smallest absolute Gasteiger partial charge is 0.236 e. The Morgan fingerprint density at radius 2 is 1.67 bits per heavy atom. The molecule has 1 aliphatic heterocycles. The van der Waals surface area contributed by atoms with Crippen LogP contribution in [0.2, 0.25) is 0 Å². The number of rotatable bonds is 8. The first-order valence-corrected chi connectivity index (χ1v) is 8.09. The van der Waals surface area contributed by atoms with Crippen LogP contribution in [0.3, 0.4) is 0 Å². The van der Waals surface area contributed by atoms with E-state index in [-0.39, 0.29) is 11.8 Å². The van der Waals surface area contributed by atoms with Gasteiger partial charge in [0.1, 0.15) is 0 Å². The van der Waals surface area contributed by atoms with Crippen LogP contribution in [0.4, 0.5) is 0 Å². The molecule has 2 amide bonds. The summed E-state index contributed by atoms with van der Waals surface area (Å²) in [5.74, 6) is 0.286. The normalized spacial score (nSPS) is 16.3. The van der Waals surface area contributed by atoms with Gasteiger partial charge in [-0.15, -0.1) is 0 Å². The number of carbonyl (C=O) groups is 2. The van der Waals surface area contributed by atoms with E-state index in [1.807, 2.05) is 11.8 Å². The Balaban J connectivity index is 2.28. The lowest BCUT2D eigenvalue weighted by molar-refractivity contribution is -0.134. The second kappa shape index (κ2) is 9.73. The zero-order chi connectivity index (χ0) is 15.7. The average molecular weight is 298 g/mol. The molecule has 0 radical (unpaired) electrons. The molecule has 0 bridgehead atoms. The minimum Gasteiger partial charge on any atom is -0.355 e. The Labute approximate surface area is 128 Å². The lowest BCUT2D eigenvalue weighted by Crippen LogP contribution is -2.53. The number of hydrogen-bond acceptors (Lipinski definition) is 4. The molecular weight excluding hydrogens is 268 g/mol. The number of hydrogen-bond donors (Lipinski definition) is 1. The van der Waals surface area contributed by atoms with E-state index >= 15 is 0 Å². The maximum Gasteiger partial charge on any atom is 0.236 e. The van der Waals surface area contributed by atoms with Gasteiger partial charge in [-0.3, -0.25) is 19.4 Å². The van der Waals surface area contributed by atoms with Gasteiger partial charge in [0.15, 0.2) is 0 Å². The number of nitrogens with one attached hydrogen (secondary N) is 1. The average Bonchev–Trinajstić information content (AvgIpc) is 2.51. The van der Waals surface area contributed by atoms with Crippen molar-refractivity contribution in [1.82, 2.24) is 20.0 Å². The topological polar surface area (TPSA) is 55.9 Å². The van der Waals surface area contributed by atoms with E-state index in [0.717, 1.165) is 52.2 Å². The Bertz CT molecular complexity index is 324. The van der Waals surface area contributed by atoms with Crippen molar-refractivity contribution in [2.45, 2.75) is 27.2 Å². The monoisotopic (exact) mass is 298 g/mol. The van der Waals surface area contributed by atoms with E-state index in [1.54, 1.807) is 0 Å². The summed E-state index contributed by atoms with van der Waals surface area (Å²) in [7, 11) is 0. The lowest BCUT2D eigenvalue weighted by Gasteiger charge is -2.35. The summed E-state index contributed by atoms with van der Waals surface area (Å²) in [6.07, 6.45) is 0.958. The van der Waals surface area contributed by atoms with Crippen molar-refractivity contribution in [2.24, 2.45) is 0 Å². The number of nitrogens with zero attached hydrogens (tertiary/aromatic N) is 3. The highest BCUT2D eigenvalue weighted by atomic mass is 16.2. The van der Waals surface area contributed by atoms with E-state index in [0.29, 0.717) is 13.1 Å². The molecule has 1 fully saturated rings. The first-order valence-electron chi connectivity index (χ1n) is 8.09. The van der Waals surface area contributed by atoms with Crippen LogP contribution in [0.15, 0.2) is 0 Å². The highest BCUT2D eigenvalue weighted by molar-refractivity contribution is 5.79.